The third-order valence-corrected chi connectivity index (χ3v) is 9.61. The van der Waals surface area contributed by atoms with Crippen LogP contribution in [0, 0.1) is 5.82 Å². The molecule has 0 bridgehead atoms. The number of hydrogen-bond donors (Lipinski definition) is 2. The van der Waals surface area contributed by atoms with Crippen molar-refractivity contribution in [2.24, 2.45) is 5.14 Å². The number of amides is 1. The van der Waals surface area contributed by atoms with Gasteiger partial charge in [0.1, 0.15) is 5.82 Å². The number of sulfonamides is 1. The largest absolute Gasteiger partial charge is 0.357 e. The molecule has 1 unspecified atom stereocenters. The van der Waals surface area contributed by atoms with E-state index in [1.54, 1.807) is 44.2 Å². The fourth-order valence-electron chi connectivity index (χ4n) is 4.05. The van der Waals surface area contributed by atoms with Gasteiger partial charge in [-0.15, -0.1) is 0 Å². The molecule has 216 valence electrons. The van der Waals surface area contributed by atoms with Crippen molar-refractivity contribution >= 4 is 39.5 Å². The zero-order valence-electron chi connectivity index (χ0n) is 22.0. The summed E-state index contributed by atoms with van der Waals surface area (Å²) in [7, 11) is -7.83. The van der Waals surface area contributed by atoms with Crippen LogP contribution in [0.15, 0.2) is 88.2 Å². The molecule has 0 saturated carbocycles. The summed E-state index contributed by atoms with van der Waals surface area (Å²) in [5.74, 6) is -2.37. The van der Waals surface area contributed by atoms with Crippen LogP contribution in [-0.4, -0.2) is 37.3 Å². The van der Waals surface area contributed by atoms with Crippen LogP contribution in [0.3, 0.4) is 0 Å². The number of rotatable bonds is 11. The molecule has 1 amide bonds. The molecular weight excluding hydrogens is 638 g/mol. The molecule has 0 aliphatic rings. The Bertz CT molecular complexity index is 1690. The van der Waals surface area contributed by atoms with E-state index in [4.69, 9.17) is 14.2 Å². The van der Waals surface area contributed by atoms with E-state index in [1.165, 1.54) is 53.2 Å². The van der Waals surface area contributed by atoms with Gasteiger partial charge in [-0.25, -0.2) is 22.6 Å². The molecule has 14 heteroatoms. The van der Waals surface area contributed by atoms with Gasteiger partial charge in [-0.1, -0.05) is 40.2 Å². The van der Waals surface area contributed by atoms with Crippen LogP contribution in [0.5, 0.6) is 0 Å². The van der Waals surface area contributed by atoms with Gasteiger partial charge in [0.15, 0.2) is 11.5 Å². The lowest BCUT2D eigenvalue weighted by Gasteiger charge is -2.27. The summed E-state index contributed by atoms with van der Waals surface area (Å²) in [6, 6.07) is 19.5. The van der Waals surface area contributed by atoms with E-state index < -0.39 is 35.1 Å². The monoisotopic (exact) mass is 664 g/mol. The number of carbonyl (C=O) groups is 1. The third kappa shape index (κ3) is 7.18. The van der Waals surface area contributed by atoms with Crippen LogP contribution < -0.4 is 10.5 Å². The van der Waals surface area contributed by atoms with Gasteiger partial charge in [-0.3, -0.25) is 9.36 Å². The molecule has 0 radical (unpaired) electrons. The fraction of sp³-hybridized carbons (Fsp3) is 0.185. The second-order valence-corrected chi connectivity index (χ2v) is 13.3. The van der Waals surface area contributed by atoms with Crippen LogP contribution in [0.25, 0.3) is 16.9 Å². The minimum atomic E-state index is -3.94. The van der Waals surface area contributed by atoms with Crippen LogP contribution >= 0.6 is 23.5 Å². The van der Waals surface area contributed by atoms with E-state index in [0.29, 0.717) is 22.5 Å². The molecule has 1 aromatic heterocycles. The highest BCUT2D eigenvalue weighted by molar-refractivity contribution is 9.10. The standard InChI is InChI=1S/C27H27BrFN4O6PS/c1-3-38-40(35,39-4-2)27(18-8-10-20(28)11-9-18)31-26(34)24-17-25(19-6-5-7-21(29)16-19)33(32-24)22-12-14-23(15-13-22)41(30,36)37/h5-17,27H,3-4H2,1-2H3,(H,31,34)(H2,30,36,37). The fourth-order valence-corrected chi connectivity index (χ4v) is 6.74. The second-order valence-electron chi connectivity index (χ2n) is 8.68. The second kappa shape index (κ2) is 12.8. The molecule has 41 heavy (non-hydrogen) atoms. The molecule has 4 aromatic rings. The van der Waals surface area contributed by atoms with Crippen LogP contribution in [0.2, 0.25) is 0 Å². The van der Waals surface area contributed by atoms with Gasteiger partial charge in [-0.05, 0) is 74.0 Å². The maximum absolute atomic E-state index is 14.1. The number of primary sulfonamides is 1. The zero-order valence-corrected chi connectivity index (χ0v) is 25.3. The Morgan fingerprint density at radius 3 is 2.24 bits per heavy atom. The highest BCUT2D eigenvalue weighted by atomic mass is 79.9. The molecule has 0 fully saturated rings. The van der Waals surface area contributed by atoms with E-state index in [1.807, 2.05) is 0 Å². The first-order chi connectivity index (χ1) is 19.4. The highest BCUT2D eigenvalue weighted by Gasteiger charge is 2.39. The Kier molecular flexibility index (Phi) is 9.58. The lowest BCUT2D eigenvalue weighted by molar-refractivity contribution is 0.0931. The maximum Gasteiger partial charge on any atom is 0.357 e. The molecule has 4 rings (SSSR count). The topological polar surface area (TPSA) is 143 Å². The first-order valence-corrected chi connectivity index (χ1v) is 16.3. The Morgan fingerprint density at radius 1 is 1.05 bits per heavy atom. The van der Waals surface area contributed by atoms with Gasteiger partial charge in [0.05, 0.1) is 29.5 Å². The van der Waals surface area contributed by atoms with Crippen molar-refractivity contribution in [3.05, 3.63) is 100 Å². The lowest BCUT2D eigenvalue weighted by Crippen LogP contribution is -2.30. The average Bonchev–Trinajstić information content (AvgIpc) is 3.38. The molecule has 3 N–H and O–H groups in total. The minimum Gasteiger partial charge on any atom is -0.333 e. The molecule has 0 aliphatic heterocycles. The summed E-state index contributed by atoms with van der Waals surface area (Å²) in [5.41, 5.74) is 1.54. The molecule has 1 heterocycles. The van der Waals surface area contributed by atoms with E-state index in [0.717, 1.165) is 4.47 Å². The molecule has 3 aromatic carbocycles. The molecule has 0 spiro atoms. The normalized spacial score (nSPS) is 12.7. The van der Waals surface area contributed by atoms with Crippen molar-refractivity contribution in [1.82, 2.24) is 15.1 Å². The summed E-state index contributed by atoms with van der Waals surface area (Å²) >= 11 is 3.37. The van der Waals surface area contributed by atoms with E-state index in [2.05, 4.69) is 26.3 Å². The Labute approximate surface area is 245 Å². The number of nitrogens with zero attached hydrogens (tertiary/aromatic N) is 2. The highest BCUT2D eigenvalue weighted by Crippen LogP contribution is 2.59. The van der Waals surface area contributed by atoms with Crippen molar-refractivity contribution in [3.8, 4) is 16.9 Å². The summed E-state index contributed by atoms with van der Waals surface area (Å²) < 4.78 is 64.7. The lowest BCUT2D eigenvalue weighted by atomic mass is 10.1. The minimum absolute atomic E-state index is 0.0764. The number of hydrogen-bond acceptors (Lipinski definition) is 7. The van der Waals surface area contributed by atoms with Gasteiger partial charge < -0.3 is 14.4 Å². The number of nitrogens with two attached hydrogens (primary N) is 1. The summed E-state index contributed by atoms with van der Waals surface area (Å²) in [4.78, 5) is 13.5. The quantitative estimate of drug-likeness (QED) is 0.193. The van der Waals surface area contributed by atoms with Gasteiger partial charge >= 0.3 is 7.60 Å². The Hall–Kier alpha value is -3.19. The van der Waals surface area contributed by atoms with Crippen molar-refractivity contribution in [3.63, 3.8) is 0 Å². The number of halogens is 2. The number of carbonyl (C=O) groups excluding carboxylic acids is 1. The van der Waals surface area contributed by atoms with Crippen molar-refractivity contribution < 1.29 is 31.2 Å². The predicted molar refractivity (Wildman–Crippen MR) is 156 cm³/mol. The predicted octanol–water partition coefficient (Wildman–Crippen LogP) is 5.78. The maximum atomic E-state index is 14.1. The van der Waals surface area contributed by atoms with E-state index >= 15 is 0 Å². The van der Waals surface area contributed by atoms with Gasteiger partial charge in [-0.2, -0.15) is 5.10 Å². The van der Waals surface area contributed by atoms with Crippen molar-refractivity contribution in [2.45, 2.75) is 24.5 Å². The zero-order chi connectivity index (χ0) is 29.8. The summed E-state index contributed by atoms with van der Waals surface area (Å²) in [5, 5.41) is 12.4. The molecular formula is C27H27BrFN4O6PS. The van der Waals surface area contributed by atoms with Gasteiger partial charge in [0, 0.05) is 10.0 Å². The van der Waals surface area contributed by atoms with Crippen LogP contribution in [-0.2, 0) is 23.6 Å². The first-order valence-electron chi connectivity index (χ1n) is 12.4. The van der Waals surface area contributed by atoms with Crippen molar-refractivity contribution in [1.29, 1.82) is 0 Å². The Morgan fingerprint density at radius 2 is 1.68 bits per heavy atom. The SMILES string of the molecule is CCOP(=O)(OCC)C(NC(=O)c1cc(-c2cccc(F)c2)n(-c2ccc(S(N)(=O)=O)cc2)n1)c1ccc(Br)cc1. The number of benzene rings is 3. The molecule has 0 aliphatic carbocycles. The van der Waals surface area contributed by atoms with Crippen LogP contribution in [0.1, 0.15) is 35.7 Å². The first kappa shape index (κ1) is 30.8. The van der Waals surface area contributed by atoms with Gasteiger partial charge in [0.25, 0.3) is 5.91 Å². The Balaban J connectivity index is 1.79. The van der Waals surface area contributed by atoms with Gasteiger partial charge in [0.2, 0.25) is 10.0 Å². The summed E-state index contributed by atoms with van der Waals surface area (Å²) in [6.45, 7) is 3.49. The number of aromatic nitrogens is 2. The van der Waals surface area contributed by atoms with Crippen LogP contribution in [0.4, 0.5) is 4.39 Å². The number of nitrogens with one attached hydrogen (secondary N) is 1. The van der Waals surface area contributed by atoms with E-state index in [-0.39, 0.29) is 23.8 Å². The van der Waals surface area contributed by atoms with Crippen molar-refractivity contribution in [2.75, 3.05) is 13.2 Å². The molecule has 10 nitrogen and oxygen atoms in total. The smallest absolute Gasteiger partial charge is 0.333 e. The molecule has 1 atom stereocenters. The van der Waals surface area contributed by atoms with E-state index in [9.17, 15) is 22.2 Å². The average molecular weight is 665 g/mol. The third-order valence-electron chi connectivity index (χ3n) is 5.86. The molecule has 0 saturated heterocycles. The summed E-state index contributed by atoms with van der Waals surface area (Å²) in [6.07, 6.45) is 0.